The quantitative estimate of drug-likeness (QED) is 0.317. The van der Waals surface area contributed by atoms with Crippen molar-refractivity contribution in [1.82, 2.24) is 18.9 Å². The Morgan fingerprint density at radius 3 is 2.49 bits per heavy atom. The first-order valence-corrected chi connectivity index (χ1v) is 13.4. The lowest BCUT2D eigenvalue weighted by atomic mass is 10.1. The molecule has 4 heterocycles. The Balaban J connectivity index is 0.000000520. The van der Waals surface area contributed by atoms with Crippen molar-refractivity contribution in [2.24, 2.45) is 0 Å². The van der Waals surface area contributed by atoms with Crippen molar-refractivity contribution < 1.29 is 24.5 Å². The van der Waals surface area contributed by atoms with Crippen LogP contribution in [0.25, 0.3) is 15.2 Å². The minimum absolute atomic E-state index is 0.0891. The SMILES string of the molecule is C=C/C(CCn1c(=O)n(C(C)(C)C(=O)O)c(=O)c2c(C)c(-n3cccn3)sc21)=C(\C)OC.OC1CCOCC1. The molecule has 2 N–H and O–H groups in total. The van der Waals surface area contributed by atoms with Gasteiger partial charge < -0.3 is 19.7 Å². The normalized spacial score (nSPS) is 14.9. The molecule has 0 amide bonds. The summed E-state index contributed by atoms with van der Waals surface area (Å²) in [6.07, 6.45) is 7.00. The summed E-state index contributed by atoms with van der Waals surface area (Å²) >= 11 is 1.27. The van der Waals surface area contributed by atoms with E-state index in [0.29, 0.717) is 33.0 Å². The standard InChI is InChI=1S/C22H26N4O5S.C5H10O2/c1-7-15(14(3)31-6)9-12-24-19-16(13(2)18(32-19)25-11-8-10-23-25)17(27)26(21(24)30)22(4,5)20(28)29;6-5-1-3-7-4-2-5/h7-8,10-11H,1,9,12H2,2-6H3,(H,28,29);5-6H,1-4H2/b15-14-;. The molecule has 3 aromatic heterocycles. The Morgan fingerprint density at radius 1 is 1.33 bits per heavy atom. The van der Waals surface area contributed by atoms with Crippen LogP contribution >= 0.6 is 11.3 Å². The molecule has 1 aliphatic rings. The largest absolute Gasteiger partial charge is 0.501 e. The topological polar surface area (TPSA) is 138 Å². The van der Waals surface area contributed by atoms with E-state index in [1.807, 2.05) is 0 Å². The number of aromatic nitrogens is 4. The number of hydrogen-bond donors (Lipinski definition) is 2. The molecule has 0 unspecified atom stereocenters. The summed E-state index contributed by atoms with van der Waals surface area (Å²) in [5.41, 5.74) is -1.60. The van der Waals surface area contributed by atoms with E-state index in [1.54, 1.807) is 50.2 Å². The highest BCUT2D eigenvalue weighted by Crippen LogP contribution is 2.31. The molecule has 0 spiro atoms. The number of aliphatic carboxylic acids is 1. The lowest BCUT2D eigenvalue weighted by Crippen LogP contribution is -2.52. The predicted octanol–water partition coefficient (Wildman–Crippen LogP) is 3.19. The van der Waals surface area contributed by atoms with Crippen LogP contribution in [0.5, 0.6) is 0 Å². The summed E-state index contributed by atoms with van der Waals surface area (Å²) < 4.78 is 14.2. The molecule has 0 aliphatic carbocycles. The van der Waals surface area contributed by atoms with Crippen LogP contribution in [0.15, 0.2) is 52.0 Å². The third-order valence-corrected chi connectivity index (χ3v) is 8.09. The second kappa shape index (κ2) is 12.6. The molecule has 4 rings (SSSR count). The Morgan fingerprint density at radius 2 is 2.00 bits per heavy atom. The summed E-state index contributed by atoms with van der Waals surface area (Å²) in [6.45, 7) is 11.8. The first-order chi connectivity index (χ1) is 18.4. The van der Waals surface area contributed by atoms with Crippen LogP contribution in [-0.4, -0.2) is 61.5 Å². The van der Waals surface area contributed by atoms with Crippen LogP contribution < -0.4 is 11.2 Å². The van der Waals surface area contributed by atoms with E-state index in [9.17, 15) is 19.5 Å². The van der Waals surface area contributed by atoms with Crippen LogP contribution in [0, 0.1) is 6.92 Å². The van der Waals surface area contributed by atoms with E-state index in [-0.39, 0.29) is 12.6 Å². The smallest absolute Gasteiger partial charge is 0.333 e. The number of nitrogens with zero attached hydrogens (tertiary/aromatic N) is 4. The average molecular weight is 561 g/mol. The van der Waals surface area contributed by atoms with Gasteiger partial charge in [-0.25, -0.2) is 18.8 Å². The van der Waals surface area contributed by atoms with Crippen LogP contribution in [-0.2, 0) is 26.4 Å². The van der Waals surface area contributed by atoms with Gasteiger partial charge in [-0.1, -0.05) is 24.0 Å². The zero-order valence-electron chi connectivity index (χ0n) is 23.0. The molecule has 0 aromatic carbocycles. The van der Waals surface area contributed by atoms with Crippen molar-refractivity contribution in [2.75, 3.05) is 20.3 Å². The number of aliphatic hydroxyl groups is 1. The van der Waals surface area contributed by atoms with Gasteiger partial charge in [-0.15, -0.1) is 0 Å². The number of rotatable bonds is 8. The lowest BCUT2D eigenvalue weighted by molar-refractivity contribution is -0.146. The zero-order chi connectivity index (χ0) is 28.9. The van der Waals surface area contributed by atoms with Crippen molar-refractivity contribution in [2.45, 2.75) is 65.1 Å². The predicted molar refractivity (Wildman–Crippen MR) is 150 cm³/mol. The number of carboxylic acid groups (broad SMARTS) is 1. The van der Waals surface area contributed by atoms with E-state index >= 15 is 0 Å². The van der Waals surface area contributed by atoms with Gasteiger partial charge in [0.2, 0.25) is 0 Å². The Bertz CT molecular complexity index is 1470. The number of thiophene rings is 1. The number of methoxy groups -OCH3 is 1. The maximum Gasteiger partial charge on any atom is 0.333 e. The average Bonchev–Trinajstić information content (AvgIpc) is 3.54. The van der Waals surface area contributed by atoms with E-state index < -0.39 is 22.8 Å². The molecule has 0 saturated carbocycles. The number of aryl methyl sites for hydroxylation is 2. The van der Waals surface area contributed by atoms with Gasteiger partial charge in [-0.3, -0.25) is 9.36 Å². The molecule has 1 saturated heterocycles. The monoisotopic (exact) mass is 560 g/mol. The fourth-order valence-corrected chi connectivity index (χ4v) is 5.46. The Labute approximate surface area is 230 Å². The van der Waals surface area contributed by atoms with Gasteiger partial charge in [0.1, 0.15) is 15.4 Å². The molecule has 1 aliphatic heterocycles. The zero-order valence-corrected chi connectivity index (χ0v) is 23.8. The van der Waals surface area contributed by atoms with Crippen molar-refractivity contribution in [3.63, 3.8) is 0 Å². The second-order valence-electron chi connectivity index (χ2n) is 9.69. The van der Waals surface area contributed by atoms with Gasteiger partial charge in [-0.2, -0.15) is 5.10 Å². The first kappa shape index (κ1) is 30.1. The third kappa shape index (κ3) is 6.23. The molecule has 0 radical (unpaired) electrons. The molecule has 12 heteroatoms. The Hall–Kier alpha value is -3.48. The highest BCUT2D eigenvalue weighted by molar-refractivity contribution is 7.21. The number of carboxylic acids is 1. The summed E-state index contributed by atoms with van der Waals surface area (Å²) in [6, 6.07) is 1.76. The van der Waals surface area contributed by atoms with Crippen molar-refractivity contribution in [3.05, 3.63) is 68.8 Å². The van der Waals surface area contributed by atoms with Crippen LogP contribution in [0.1, 0.15) is 45.6 Å². The minimum Gasteiger partial charge on any atom is -0.501 e. The molecular formula is C27H36N4O7S. The van der Waals surface area contributed by atoms with Gasteiger partial charge in [0, 0.05) is 37.7 Å². The first-order valence-electron chi connectivity index (χ1n) is 12.6. The summed E-state index contributed by atoms with van der Waals surface area (Å²) in [7, 11) is 1.55. The Kier molecular flexibility index (Phi) is 9.70. The highest BCUT2D eigenvalue weighted by Gasteiger charge is 2.35. The number of carbonyl (C=O) groups is 1. The summed E-state index contributed by atoms with van der Waals surface area (Å²) in [5.74, 6) is -0.604. The van der Waals surface area contributed by atoms with E-state index in [4.69, 9.17) is 14.6 Å². The van der Waals surface area contributed by atoms with E-state index in [1.165, 1.54) is 29.8 Å². The van der Waals surface area contributed by atoms with Crippen LogP contribution in [0.3, 0.4) is 0 Å². The molecule has 0 bridgehead atoms. The maximum absolute atomic E-state index is 13.5. The number of allylic oxidation sites excluding steroid dienone is 3. The van der Waals surface area contributed by atoms with Crippen molar-refractivity contribution in [3.8, 4) is 5.00 Å². The molecule has 11 nitrogen and oxygen atoms in total. The maximum atomic E-state index is 13.5. The van der Waals surface area contributed by atoms with E-state index in [2.05, 4.69) is 11.7 Å². The van der Waals surface area contributed by atoms with Gasteiger partial charge in [0.25, 0.3) is 5.56 Å². The summed E-state index contributed by atoms with van der Waals surface area (Å²) in [4.78, 5) is 39.3. The molecule has 3 aromatic rings. The fraction of sp³-hybridized carbons (Fsp3) is 0.481. The van der Waals surface area contributed by atoms with Crippen molar-refractivity contribution in [1.29, 1.82) is 0 Å². The molecule has 1 fully saturated rings. The van der Waals surface area contributed by atoms with Crippen LogP contribution in [0.4, 0.5) is 0 Å². The summed E-state index contributed by atoms with van der Waals surface area (Å²) in [5, 5.41) is 23.8. The molecule has 212 valence electrons. The molecule has 0 atom stereocenters. The lowest BCUT2D eigenvalue weighted by Gasteiger charge is -2.23. The van der Waals surface area contributed by atoms with Gasteiger partial charge in [0.15, 0.2) is 0 Å². The third-order valence-electron chi connectivity index (χ3n) is 6.78. The highest BCUT2D eigenvalue weighted by atomic mass is 32.1. The fourth-order valence-electron chi connectivity index (χ4n) is 4.20. The van der Waals surface area contributed by atoms with Gasteiger partial charge in [0.05, 0.1) is 24.4 Å². The van der Waals surface area contributed by atoms with E-state index in [0.717, 1.165) is 36.2 Å². The van der Waals surface area contributed by atoms with Gasteiger partial charge >= 0.3 is 11.7 Å². The number of aliphatic hydroxyl groups excluding tert-OH is 1. The molecular weight excluding hydrogens is 524 g/mol. The minimum atomic E-state index is -1.73. The molecule has 39 heavy (non-hydrogen) atoms. The van der Waals surface area contributed by atoms with Gasteiger partial charge in [-0.05, 0) is 58.6 Å². The van der Waals surface area contributed by atoms with Crippen LogP contribution in [0.2, 0.25) is 0 Å². The number of hydrogen-bond acceptors (Lipinski definition) is 8. The second-order valence-corrected chi connectivity index (χ2v) is 10.7. The number of ether oxygens (including phenoxy) is 2. The van der Waals surface area contributed by atoms with Crippen molar-refractivity contribution >= 4 is 27.5 Å². The number of fused-ring (bicyclic) bond motifs is 1.